The maximum atomic E-state index is 12.7. The molecule has 2 aromatic rings. The first-order valence-corrected chi connectivity index (χ1v) is 10.5. The van der Waals surface area contributed by atoms with Gasteiger partial charge in [-0.25, -0.2) is 4.98 Å². The Balaban J connectivity index is 1.57. The largest absolute Gasteiger partial charge is 0.481 e. The van der Waals surface area contributed by atoms with Gasteiger partial charge < -0.3 is 25.0 Å². The zero-order valence-corrected chi connectivity index (χ0v) is 19.2. The molecule has 0 saturated heterocycles. The van der Waals surface area contributed by atoms with Gasteiger partial charge in [0, 0.05) is 43.5 Å². The summed E-state index contributed by atoms with van der Waals surface area (Å²) in [6.07, 6.45) is 3.61. The molecular weight excluding hydrogens is 396 g/mol. The molecule has 1 aliphatic carbocycles. The lowest BCUT2D eigenvalue weighted by Gasteiger charge is -2.30. The summed E-state index contributed by atoms with van der Waals surface area (Å²) in [7, 11) is 6.99. The Morgan fingerprint density at radius 3 is 2.29 bits per heavy atom. The van der Waals surface area contributed by atoms with E-state index < -0.39 is 0 Å². The lowest BCUT2D eigenvalue weighted by Crippen LogP contribution is -2.40. The maximum Gasteiger partial charge on any atom is 0.256 e. The van der Waals surface area contributed by atoms with E-state index in [0.717, 1.165) is 42.8 Å². The molecule has 0 radical (unpaired) electrons. The molecule has 9 nitrogen and oxygen atoms in total. The zero-order valence-electron chi connectivity index (χ0n) is 19.2. The Kier molecular flexibility index (Phi) is 7.14. The lowest BCUT2D eigenvalue weighted by molar-refractivity contribution is 0.0922. The van der Waals surface area contributed by atoms with E-state index in [1.165, 1.54) is 14.2 Å². The van der Waals surface area contributed by atoms with Crippen LogP contribution in [-0.2, 0) is 0 Å². The van der Waals surface area contributed by atoms with Crippen molar-refractivity contribution >= 4 is 17.7 Å². The predicted octanol–water partition coefficient (Wildman–Crippen LogP) is 2.72. The van der Waals surface area contributed by atoms with Gasteiger partial charge in [0.15, 0.2) is 0 Å². The second kappa shape index (κ2) is 9.80. The summed E-state index contributed by atoms with van der Waals surface area (Å²) in [6, 6.07) is 3.72. The molecule has 2 aromatic heterocycles. The number of nitrogens with zero attached hydrogens (tertiary/aromatic N) is 4. The van der Waals surface area contributed by atoms with Crippen molar-refractivity contribution in [3.05, 3.63) is 29.0 Å². The number of anilines is 2. The summed E-state index contributed by atoms with van der Waals surface area (Å²) in [6.45, 7) is 4.04. The van der Waals surface area contributed by atoms with E-state index in [1.807, 2.05) is 32.8 Å². The fourth-order valence-corrected chi connectivity index (χ4v) is 3.81. The number of rotatable bonds is 7. The molecule has 0 spiro atoms. The van der Waals surface area contributed by atoms with E-state index in [0.29, 0.717) is 17.4 Å². The molecule has 2 N–H and O–H groups in total. The van der Waals surface area contributed by atoms with Gasteiger partial charge in [-0.3, -0.25) is 4.79 Å². The quantitative estimate of drug-likeness (QED) is 0.694. The van der Waals surface area contributed by atoms with Crippen molar-refractivity contribution in [2.24, 2.45) is 0 Å². The molecule has 0 aliphatic heterocycles. The first kappa shape index (κ1) is 22.6. The highest BCUT2D eigenvalue weighted by molar-refractivity contribution is 5.96. The molecule has 1 aliphatic rings. The Hall–Kier alpha value is -3.10. The normalized spacial score (nSPS) is 18.3. The molecule has 1 fully saturated rings. The van der Waals surface area contributed by atoms with Gasteiger partial charge in [-0.15, -0.1) is 0 Å². The minimum Gasteiger partial charge on any atom is -0.481 e. The van der Waals surface area contributed by atoms with E-state index in [2.05, 4.69) is 25.6 Å². The molecule has 9 heteroatoms. The summed E-state index contributed by atoms with van der Waals surface area (Å²) in [5.41, 5.74) is 2.47. The number of pyridine rings is 1. The van der Waals surface area contributed by atoms with Crippen molar-refractivity contribution in [3.8, 4) is 11.8 Å². The topological polar surface area (TPSA) is 102 Å². The van der Waals surface area contributed by atoms with E-state index in [1.54, 1.807) is 12.1 Å². The highest BCUT2D eigenvalue weighted by Gasteiger charge is 2.25. The third-order valence-electron chi connectivity index (χ3n) is 5.66. The molecule has 0 bridgehead atoms. The number of hydrogen-bond donors (Lipinski definition) is 2. The lowest BCUT2D eigenvalue weighted by atomic mass is 9.91. The highest BCUT2D eigenvalue weighted by atomic mass is 16.5. The van der Waals surface area contributed by atoms with Gasteiger partial charge in [0.1, 0.15) is 11.4 Å². The van der Waals surface area contributed by atoms with Crippen LogP contribution in [0.25, 0.3) is 0 Å². The molecule has 31 heavy (non-hydrogen) atoms. The van der Waals surface area contributed by atoms with E-state index in [9.17, 15) is 4.79 Å². The fraction of sp³-hybridized carbons (Fsp3) is 0.545. The van der Waals surface area contributed by atoms with Crippen LogP contribution in [0.1, 0.15) is 47.3 Å². The molecular formula is C22H32N6O3. The molecule has 2 heterocycles. The summed E-state index contributed by atoms with van der Waals surface area (Å²) < 4.78 is 10.3. The van der Waals surface area contributed by atoms with Crippen molar-refractivity contribution in [2.45, 2.75) is 51.6 Å². The number of carbonyl (C=O) groups excluding carboxylic acids is 1. The van der Waals surface area contributed by atoms with Crippen molar-refractivity contribution in [1.29, 1.82) is 0 Å². The van der Waals surface area contributed by atoms with Crippen LogP contribution < -0.4 is 25.0 Å². The van der Waals surface area contributed by atoms with Crippen LogP contribution >= 0.6 is 0 Å². The van der Waals surface area contributed by atoms with Crippen molar-refractivity contribution in [2.75, 3.05) is 38.5 Å². The van der Waals surface area contributed by atoms with Crippen LogP contribution in [0.2, 0.25) is 0 Å². The van der Waals surface area contributed by atoms with E-state index in [4.69, 9.17) is 9.47 Å². The summed E-state index contributed by atoms with van der Waals surface area (Å²) in [5, 5.41) is 6.58. The Morgan fingerprint density at radius 2 is 1.68 bits per heavy atom. The number of nitrogens with one attached hydrogen (secondary N) is 2. The molecule has 0 aromatic carbocycles. The number of hydrogen-bond acceptors (Lipinski definition) is 8. The van der Waals surface area contributed by atoms with Crippen molar-refractivity contribution in [1.82, 2.24) is 20.3 Å². The number of methoxy groups -OCH3 is 2. The van der Waals surface area contributed by atoms with Gasteiger partial charge in [0.2, 0.25) is 17.7 Å². The average molecular weight is 429 g/mol. The number of amides is 1. The third-order valence-corrected chi connectivity index (χ3v) is 5.66. The zero-order chi connectivity index (χ0) is 22.5. The molecule has 0 unspecified atom stereocenters. The molecule has 0 atom stereocenters. The smallest absolute Gasteiger partial charge is 0.256 e. The van der Waals surface area contributed by atoms with Gasteiger partial charge in [0.25, 0.3) is 5.91 Å². The second-order valence-electron chi connectivity index (χ2n) is 8.05. The van der Waals surface area contributed by atoms with Gasteiger partial charge in [-0.1, -0.05) is 0 Å². The van der Waals surface area contributed by atoms with Crippen molar-refractivity contribution in [3.63, 3.8) is 0 Å². The fourth-order valence-electron chi connectivity index (χ4n) is 3.81. The SMILES string of the molecule is COc1ccc(C(=O)N[C@H]2CC[C@@H](Nc3nc(C)c(C)c(N(C)C)n3)CC2)c(OC)n1. The van der Waals surface area contributed by atoms with Gasteiger partial charge in [0.05, 0.1) is 14.2 Å². The standard InChI is InChI=1S/C22H32N6O3/c1-13-14(2)23-22(27-19(13)28(3)4)25-16-9-7-15(8-10-16)24-20(29)17-11-12-18(30-5)26-21(17)31-6/h11-12,15-16H,7-10H2,1-6H3,(H,24,29)(H,23,25,27)/t15-,16+. The van der Waals surface area contributed by atoms with Crippen LogP contribution in [0, 0.1) is 13.8 Å². The van der Waals surface area contributed by atoms with Crippen LogP contribution in [-0.4, -0.2) is 61.3 Å². The predicted molar refractivity (Wildman–Crippen MR) is 120 cm³/mol. The third kappa shape index (κ3) is 5.34. The molecule has 1 amide bonds. The van der Waals surface area contributed by atoms with E-state index >= 15 is 0 Å². The maximum absolute atomic E-state index is 12.7. The summed E-state index contributed by atoms with van der Waals surface area (Å²) in [5.74, 6) is 2.07. The van der Waals surface area contributed by atoms with Crippen LogP contribution in [0.15, 0.2) is 12.1 Å². The second-order valence-corrected chi connectivity index (χ2v) is 8.05. The number of aromatic nitrogens is 3. The number of carbonyl (C=O) groups is 1. The monoisotopic (exact) mass is 428 g/mol. The summed E-state index contributed by atoms with van der Waals surface area (Å²) in [4.78, 5) is 28.2. The minimum absolute atomic E-state index is 0.107. The minimum atomic E-state index is -0.184. The molecule has 168 valence electrons. The molecule has 1 saturated carbocycles. The first-order chi connectivity index (χ1) is 14.8. The van der Waals surface area contributed by atoms with Crippen LogP contribution in [0.4, 0.5) is 11.8 Å². The number of aryl methyl sites for hydroxylation is 1. The van der Waals surface area contributed by atoms with E-state index in [-0.39, 0.29) is 23.9 Å². The van der Waals surface area contributed by atoms with Gasteiger partial charge >= 0.3 is 0 Å². The first-order valence-electron chi connectivity index (χ1n) is 10.5. The van der Waals surface area contributed by atoms with Gasteiger partial charge in [-0.2, -0.15) is 9.97 Å². The van der Waals surface area contributed by atoms with Crippen molar-refractivity contribution < 1.29 is 14.3 Å². The van der Waals surface area contributed by atoms with Gasteiger partial charge in [-0.05, 0) is 45.6 Å². The van der Waals surface area contributed by atoms with Crippen LogP contribution in [0.5, 0.6) is 11.8 Å². The average Bonchev–Trinajstić information content (AvgIpc) is 2.76. The number of ether oxygens (including phenoxy) is 2. The van der Waals surface area contributed by atoms with Crippen LogP contribution in [0.3, 0.4) is 0 Å². The highest BCUT2D eigenvalue weighted by Crippen LogP contribution is 2.25. The Morgan fingerprint density at radius 1 is 1.00 bits per heavy atom. The Bertz CT molecular complexity index is 926. The Labute approximate surface area is 183 Å². The summed E-state index contributed by atoms with van der Waals surface area (Å²) >= 11 is 0. The molecule has 3 rings (SSSR count).